The second kappa shape index (κ2) is 4.05. The molecule has 3 N–H and O–H groups in total. The lowest BCUT2D eigenvalue weighted by Gasteiger charge is -2.06. The molecule has 1 heterocycles. The predicted molar refractivity (Wildman–Crippen MR) is 67.7 cm³/mol. The summed E-state index contributed by atoms with van der Waals surface area (Å²) in [6.07, 6.45) is 4.27. The Bertz CT molecular complexity index is 512. The molecule has 2 aromatic rings. The molecule has 0 amide bonds. The van der Waals surface area contributed by atoms with Gasteiger partial charge in [-0.25, -0.2) is 9.97 Å². The Balaban J connectivity index is 1.69. The van der Waals surface area contributed by atoms with E-state index in [1.54, 1.807) is 6.20 Å². The summed E-state index contributed by atoms with van der Waals surface area (Å²) in [6, 6.07) is 10.9. The zero-order valence-corrected chi connectivity index (χ0v) is 9.38. The molecule has 2 atom stereocenters. The normalized spacial score (nSPS) is 22.1. The van der Waals surface area contributed by atoms with Gasteiger partial charge in [0, 0.05) is 12.0 Å². The highest BCUT2D eigenvalue weighted by Gasteiger charge is 2.38. The van der Waals surface area contributed by atoms with Crippen molar-refractivity contribution in [1.82, 2.24) is 9.97 Å². The smallest absolute Gasteiger partial charge is 0.152 e. The van der Waals surface area contributed by atoms with Crippen LogP contribution < -0.4 is 11.1 Å². The van der Waals surface area contributed by atoms with Gasteiger partial charge in [-0.05, 0) is 12.0 Å². The van der Waals surface area contributed by atoms with Crippen molar-refractivity contribution < 1.29 is 0 Å². The topological polar surface area (TPSA) is 63.8 Å². The molecule has 1 aliphatic carbocycles. The number of anilines is 2. The van der Waals surface area contributed by atoms with E-state index in [-0.39, 0.29) is 0 Å². The van der Waals surface area contributed by atoms with Crippen LogP contribution in [0.1, 0.15) is 17.9 Å². The van der Waals surface area contributed by atoms with Crippen molar-refractivity contribution in [3.8, 4) is 0 Å². The number of nitrogens with two attached hydrogens (primary N) is 1. The molecular formula is C13H14N4. The van der Waals surface area contributed by atoms with Gasteiger partial charge in [0.05, 0.1) is 11.9 Å². The van der Waals surface area contributed by atoms with Gasteiger partial charge >= 0.3 is 0 Å². The third-order valence-corrected chi connectivity index (χ3v) is 3.08. The second-order valence-electron chi connectivity index (χ2n) is 4.33. The molecule has 1 aromatic carbocycles. The minimum Gasteiger partial charge on any atom is -0.394 e. The molecule has 0 spiro atoms. The van der Waals surface area contributed by atoms with E-state index in [2.05, 4.69) is 39.6 Å². The molecule has 3 rings (SSSR count). The number of nitrogens with one attached hydrogen (secondary N) is 1. The standard InChI is InChI=1S/C13H14N4/c14-11-7-15-8-16-13(11)17-12-6-10(12)9-4-2-1-3-5-9/h1-5,7-8,10,12H,6,14H2,(H,15,16,17). The lowest BCUT2D eigenvalue weighted by atomic mass is 10.1. The third-order valence-electron chi connectivity index (χ3n) is 3.08. The van der Waals surface area contributed by atoms with E-state index in [4.69, 9.17) is 5.73 Å². The summed E-state index contributed by atoms with van der Waals surface area (Å²) < 4.78 is 0. The first kappa shape index (κ1) is 10.1. The number of rotatable bonds is 3. The highest BCUT2D eigenvalue weighted by Crippen LogP contribution is 2.42. The van der Waals surface area contributed by atoms with Crippen molar-refractivity contribution in [3.05, 3.63) is 48.4 Å². The average molecular weight is 226 g/mol. The van der Waals surface area contributed by atoms with E-state index in [0.717, 1.165) is 12.2 Å². The van der Waals surface area contributed by atoms with Gasteiger partial charge in [-0.1, -0.05) is 30.3 Å². The maximum Gasteiger partial charge on any atom is 0.152 e. The van der Waals surface area contributed by atoms with Gasteiger partial charge in [-0.2, -0.15) is 0 Å². The summed E-state index contributed by atoms with van der Waals surface area (Å²) in [5.41, 5.74) is 7.77. The SMILES string of the molecule is Nc1cncnc1NC1CC1c1ccccc1. The minimum absolute atomic E-state index is 0.439. The van der Waals surface area contributed by atoms with Crippen molar-refractivity contribution in [2.24, 2.45) is 0 Å². The molecule has 1 saturated carbocycles. The van der Waals surface area contributed by atoms with Crippen LogP contribution in [0.4, 0.5) is 11.5 Å². The molecule has 0 bridgehead atoms. The van der Waals surface area contributed by atoms with E-state index in [0.29, 0.717) is 17.6 Å². The van der Waals surface area contributed by atoms with Gasteiger partial charge in [-0.15, -0.1) is 0 Å². The van der Waals surface area contributed by atoms with Crippen LogP contribution in [0.3, 0.4) is 0 Å². The Morgan fingerprint density at radius 2 is 2.06 bits per heavy atom. The minimum atomic E-state index is 0.439. The molecule has 0 radical (unpaired) electrons. The zero-order valence-electron chi connectivity index (χ0n) is 9.38. The summed E-state index contributed by atoms with van der Waals surface area (Å²) in [6.45, 7) is 0. The molecule has 17 heavy (non-hydrogen) atoms. The molecule has 1 aliphatic rings. The number of hydrogen-bond acceptors (Lipinski definition) is 4. The Kier molecular flexibility index (Phi) is 2.40. The first-order chi connectivity index (χ1) is 8.34. The molecular weight excluding hydrogens is 212 g/mol. The summed E-state index contributed by atoms with van der Waals surface area (Å²) in [5, 5.41) is 3.36. The lowest BCUT2D eigenvalue weighted by Crippen LogP contribution is -2.08. The van der Waals surface area contributed by atoms with Gasteiger partial charge in [0.2, 0.25) is 0 Å². The quantitative estimate of drug-likeness (QED) is 0.840. The van der Waals surface area contributed by atoms with Crippen molar-refractivity contribution in [2.75, 3.05) is 11.1 Å². The molecule has 4 nitrogen and oxygen atoms in total. The summed E-state index contributed by atoms with van der Waals surface area (Å²) in [7, 11) is 0. The van der Waals surface area contributed by atoms with Gasteiger partial charge in [0.15, 0.2) is 5.82 Å². The van der Waals surface area contributed by atoms with Crippen molar-refractivity contribution in [2.45, 2.75) is 18.4 Å². The van der Waals surface area contributed by atoms with Crippen LogP contribution in [0.15, 0.2) is 42.9 Å². The number of aromatic nitrogens is 2. The second-order valence-corrected chi connectivity index (χ2v) is 4.33. The zero-order chi connectivity index (χ0) is 11.7. The number of benzene rings is 1. The fraction of sp³-hybridized carbons (Fsp3) is 0.231. The monoisotopic (exact) mass is 226 g/mol. The van der Waals surface area contributed by atoms with Crippen LogP contribution in [0.5, 0.6) is 0 Å². The summed E-state index contributed by atoms with van der Waals surface area (Å²) in [4.78, 5) is 8.01. The summed E-state index contributed by atoms with van der Waals surface area (Å²) in [5.74, 6) is 1.31. The first-order valence-electron chi connectivity index (χ1n) is 5.71. The fourth-order valence-electron chi connectivity index (χ4n) is 2.06. The fourth-order valence-corrected chi connectivity index (χ4v) is 2.06. The van der Waals surface area contributed by atoms with E-state index in [1.165, 1.54) is 11.9 Å². The van der Waals surface area contributed by atoms with Crippen LogP contribution in [-0.2, 0) is 0 Å². The Labute approximate surface area is 99.9 Å². The number of hydrogen-bond donors (Lipinski definition) is 2. The van der Waals surface area contributed by atoms with E-state index in [9.17, 15) is 0 Å². The van der Waals surface area contributed by atoms with E-state index < -0.39 is 0 Å². The number of nitrogens with zero attached hydrogens (tertiary/aromatic N) is 2. The van der Waals surface area contributed by atoms with Crippen LogP contribution in [0.2, 0.25) is 0 Å². The highest BCUT2D eigenvalue weighted by molar-refractivity contribution is 5.60. The Morgan fingerprint density at radius 3 is 2.82 bits per heavy atom. The average Bonchev–Trinajstić information content (AvgIpc) is 3.13. The van der Waals surface area contributed by atoms with Crippen LogP contribution >= 0.6 is 0 Å². The molecule has 4 heteroatoms. The largest absolute Gasteiger partial charge is 0.394 e. The third kappa shape index (κ3) is 2.06. The highest BCUT2D eigenvalue weighted by atomic mass is 15.1. The maximum atomic E-state index is 5.79. The van der Waals surface area contributed by atoms with Crippen molar-refractivity contribution in [1.29, 1.82) is 0 Å². The van der Waals surface area contributed by atoms with Crippen LogP contribution in [0, 0.1) is 0 Å². The van der Waals surface area contributed by atoms with Crippen molar-refractivity contribution >= 4 is 11.5 Å². The van der Waals surface area contributed by atoms with Gasteiger partial charge < -0.3 is 11.1 Å². The summed E-state index contributed by atoms with van der Waals surface area (Å²) >= 11 is 0. The molecule has 2 unspecified atom stereocenters. The number of nitrogen functional groups attached to an aromatic ring is 1. The molecule has 0 saturated heterocycles. The Hall–Kier alpha value is -2.10. The van der Waals surface area contributed by atoms with Crippen LogP contribution in [-0.4, -0.2) is 16.0 Å². The van der Waals surface area contributed by atoms with Crippen molar-refractivity contribution in [3.63, 3.8) is 0 Å². The van der Waals surface area contributed by atoms with E-state index in [1.807, 2.05) is 6.07 Å². The Morgan fingerprint density at radius 1 is 1.24 bits per heavy atom. The van der Waals surface area contributed by atoms with Gasteiger partial charge in [-0.3, -0.25) is 0 Å². The van der Waals surface area contributed by atoms with Crippen LogP contribution in [0.25, 0.3) is 0 Å². The maximum absolute atomic E-state index is 5.79. The lowest BCUT2D eigenvalue weighted by molar-refractivity contribution is 1.02. The van der Waals surface area contributed by atoms with E-state index >= 15 is 0 Å². The molecule has 1 aromatic heterocycles. The molecule has 1 fully saturated rings. The molecule has 86 valence electrons. The first-order valence-corrected chi connectivity index (χ1v) is 5.71. The predicted octanol–water partition coefficient (Wildman–Crippen LogP) is 2.03. The van der Waals surface area contributed by atoms with Gasteiger partial charge in [0.1, 0.15) is 6.33 Å². The van der Waals surface area contributed by atoms with Gasteiger partial charge in [0.25, 0.3) is 0 Å². The molecule has 0 aliphatic heterocycles.